The van der Waals surface area contributed by atoms with Crippen molar-refractivity contribution in [3.05, 3.63) is 33.9 Å². The normalized spacial score (nSPS) is 10.6. The molecule has 2 rings (SSSR count). The van der Waals surface area contributed by atoms with Gasteiger partial charge in [-0.2, -0.15) is 4.39 Å². The first-order chi connectivity index (χ1) is 9.88. The third-order valence-electron chi connectivity index (χ3n) is 2.17. The minimum atomic E-state index is -1.32. The van der Waals surface area contributed by atoms with Crippen LogP contribution in [0.4, 0.5) is 14.5 Å². The van der Waals surface area contributed by atoms with Crippen LogP contribution in [0.1, 0.15) is 0 Å². The topological polar surface area (TPSA) is 119 Å². The first-order valence-corrected chi connectivity index (χ1v) is 6.19. The number of aromatic nitrogens is 2. The Kier molecular flexibility index (Phi) is 4.12. The van der Waals surface area contributed by atoms with Gasteiger partial charge in [0.2, 0.25) is 5.82 Å². The number of carbonyl (C=O) groups is 1. The maximum atomic E-state index is 13.9. The zero-order valence-electron chi connectivity index (χ0n) is 9.95. The molecule has 11 heteroatoms. The average Bonchev–Trinajstić information content (AvgIpc) is 2.87. The zero-order chi connectivity index (χ0) is 15.6. The van der Waals surface area contributed by atoms with E-state index in [1.807, 2.05) is 0 Å². The molecule has 0 bridgehead atoms. The molecule has 1 N–H and O–H groups in total. The Morgan fingerprint density at radius 3 is 2.76 bits per heavy atom. The Morgan fingerprint density at radius 1 is 1.43 bits per heavy atom. The van der Waals surface area contributed by atoms with Crippen molar-refractivity contribution in [3.8, 4) is 11.5 Å². The first kappa shape index (κ1) is 14.8. The van der Waals surface area contributed by atoms with Crippen molar-refractivity contribution in [3.63, 3.8) is 0 Å². The van der Waals surface area contributed by atoms with Gasteiger partial charge in [0, 0.05) is 0 Å². The van der Waals surface area contributed by atoms with E-state index in [4.69, 9.17) is 9.52 Å². The Labute approximate surface area is 118 Å². The van der Waals surface area contributed by atoms with Crippen LogP contribution in [0.15, 0.2) is 21.8 Å². The van der Waals surface area contributed by atoms with Gasteiger partial charge in [0.05, 0.1) is 16.6 Å². The minimum absolute atomic E-state index is 0.182. The second kappa shape index (κ2) is 5.83. The van der Waals surface area contributed by atoms with Crippen LogP contribution in [0, 0.1) is 21.7 Å². The number of carboxylic acids is 1. The smallest absolute Gasteiger partial charge is 0.314 e. The molecule has 0 unspecified atom stereocenters. The van der Waals surface area contributed by atoms with E-state index >= 15 is 0 Å². The lowest BCUT2D eigenvalue weighted by Crippen LogP contribution is -1.97. The quantitative estimate of drug-likeness (QED) is 0.506. The average molecular weight is 317 g/mol. The summed E-state index contributed by atoms with van der Waals surface area (Å²) in [6.45, 7) is 0. The molecule has 1 aromatic carbocycles. The summed E-state index contributed by atoms with van der Waals surface area (Å²) in [6, 6.07) is 1.09. The van der Waals surface area contributed by atoms with Crippen LogP contribution in [-0.4, -0.2) is 31.9 Å². The number of thioether (sulfide) groups is 1. The fraction of sp³-hybridized carbons (Fsp3) is 0.100. The zero-order valence-corrected chi connectivity index (χ0v) is 10.8. The number of hydrogen-bond acceptors (Lipinski definition) is 7. The largest absolute Gasteiger partial charge is 0.481 e. The molecule has 0 aliphatic rings. The number of nitrogens with zero attached hydrogens (tertiary/aromatic N) is 3. The van der Waals surface area contributed by atoms with E-state index in [0.717, 1.165) is 0 Å². The van der Waals surface area contributed by atoms with E-state index in [1.54, 1.807) is 0 Å². The second-order valence-electron chi connectivity index (χ2n) is 3.60. The number of nitro benzene ring substituents is 1. The standard InChI is InChI=1S/C10H5F2N3O5S/c11-4-1-5(8(12)6(2-4)15(18)19)9-13-14-10(20-9)21-3-7(16)17/h1-2H,3H2,(H,16,17). The predicted octanol–water partition coefficient (Wildman–Crippen LogP) is 2.10. The molecular weight excluding hydrogens is 312 g/mol. The number of benzene rings is 1. The number of hydrogen-bond donors (Lipinski definition) is 1. The van der Waals surface area contributed by atoms with Crippen LogP contribution in [0.5, 0.6) is 0 Å². The number of aliphatic carboxylic acids is 1. The highest BCUT2D eigenvalue weighted by molar-refractivity contribution is 7.99. The van der Waals surface area contributed by atoms with Crippen LogP contribution in [-0.2, 0) is 4.79 Å². The van der Waals surface area contributed by atoms with E-state index in [1.165, 1.54) is 0 Å². The maximum absolute atomic E-state index is 13.9. The van der Waals surface area contributed by atoms with Crippen molar-refractivity contribution in [2.24, 2.45) is 0 Å². The maximum Gasteiger partial charge on any atom is 0.314 e. The highest BCUT2D eigenvalue weighted by atomic mass is 32.2. The summed E-state index contributed by atoms with van der Waals surface area (Å²) in [5.41, 5.74) is -1.64. The van der Waals surface area contributed by atoms with Gasteiger partial charge in [0.1, 0.15) is 11.6 Å². The summed E-state index contributed by atoms with van der Waals surface area (Å²) < 4.78 is 32.1. The van der Waals surface area contributed by atoms with Crippen molar-refractivity contribution in [1.82, 2.24) is 10.2 Å². The molecule has 0 saturated carbocycles. The van der Waals surface area contributed by atoms with Crippen molar-refractivity contribution in [1.29, 1.82) is 0 Å². The fourth-order valence-corrected chi connectivity index (χ4v) is 1.85. The summed E-state index contributed by atoms with van der Waals surface area (Å²) >= 11 is 0.675. The Hall–Kier alpha value is -2.56. The predicted molar refractivity (Wildman–Crippen MR) is 64.7 cm³/mol. The summed E-state index contributed by atoms with van der Waals surface area (Å²) in [5.74, 6) is -4.35. The Bertz CT molecular complexity index is 721. The second-order valence-corrected chi connectivity index (χ2v) is 4.53. The monoisotopic (exact) mass is 317 g/mol. The van der Waals surface area contributed by atoms with Crippen molar-refractivity contribution >= 4 is 23.4 Å². The minimum Gasteiger partial charge on any atom is -0.481 e. The van der Waals surface area contributed by atoms with E-state index in [-0.39, 0.29) is 11.0 Å². The van der Waals surface area contributed by atoms with E-state index in [9.17, 15) is 23.7 Å². The van der Waals surface area contributed by atoms with Gasteiger partial charge in [0.25, 0.3) is 11.1 Å². The molecule has 0 aliphatic heterocycles. The highest BCUT2D eigenvalue weighted by Gasteiger charge is 2.24. The van der Waals surface area contributed by atoms with Gasteiger partial charge in [-0.05, 0) is 6.07 Å². The molecule has 0 atom stereocenters. The lowest BCUT2D eigenvalue weighted by molar-refractivity contribution is -0.387. The molecule has 0 spiro atoms. The van der Waals surface area contributed by atoms with Crippen LogP contribution < -0.4 is 0 Å². The Balaban J connectivity index is 2.38. The molecule has 0 aliphatic carbocycles. The lowest BCUT2D eigenvalue weighted by Gasteiger charge is -1.99. The number of rotatable bonds is 5. The molecule has 1 heterocycles. The van der Waals surface area contributed by atoms with Gasteiger partial charge in [0.15, 0.2) is 0 Å². The van der Waals surface area contributed by atoms with Gasteiger partial charge < -0.3 is 9.52 Å². The third kappa shape index (κ3) is 3.31. The molecule has 0 fully saturated rings. The molecule has 110 valence electrons. The van der Waals surface area contributed by atoms with Gasteiger partial charge in [-0.25, -0.2) is 4.39 Å². The van der Waals surface area contributed by atoms with E-state index < -0.39 is 39.7 Å². The van der Waals surface area contributed by atoms with Crippen LogP contribution in [0.25, 0.3) is 11.5 Å². The van der Waals surface area contributed by atoms with E-state index in [0.29, 0.717) is 23.9 Å². The Morgan fingerprint density at radius 2 is 2.14 bits per heavy atom. The molecule has 0 radical (unpaired) electrons. The highest BCUT2D eigenvalue weighted by Crippen LogP contribution is 2.31. The van der Waals surface area contributed by atoms with Crippen molar-refractivity contribution in [2.75, 3.05) is 5.75 Å². The SMILES string of the molecule is O=C(O)CSc1nnc(-c2cc(F)cc([N+](=O)[O-])c2F)o1. The van der Waals surface area contributed by atoms with E-state index in [2.05, 4.69) is 10.2 Å². The third-order valence-corrected chi connectivity index (χ3v) is 2.97. The van der Waals surface area contributed by atoms with Gasteiger partial charge in [-0.1, -0.05) is 11.8 Å². The molecule has 21 heavy (non-hydrogen) atoms. The summed E-state index contributed by atoms with van der Waals surface area (Å²) in [5, 5.41) is 25.7. The lowest BCUT2D eigenvalue weighted by atomic mass is 10.2. The first-order valence-electron chi connectivity index (χ1n) is 5.20. The summed E-state index contributed by atoms with van der Waals surface area (Å²) in [7, 11) is 0. The molecule has 0 amide bonds. The number of halogens is 2. The summed E-state index contributed by atoms with van der Waals surface area (Å²) in [4.78, 5) is 19.9. The van der Waals surface area contributed by atoms with Crippen LogP contribution >= 0.6 is 11.8 Å². The molecule has 8 nitrogen and oxygen atoms in total. The molecule has 2 aromatic rings. The van der Waals surface area contributed by atoms with Crippen molar-refractivity contribution in [2.45, 2.75) is 5.22 Å². The number of carboxylic acid groups (broad SMARTS) is 1. The molecular formula is C10H5F2N3O5S. The molecule has 1 aromatic heterocycles. The number of nitro groups is 1. The summed E-state index contributed by atoms with van der Waals surface area (Å²) in [6.07, 6.45) is 0. The van der Waals surface area contributed by atoms with Gasteiger partial charge in [-0.3, -0.25) is 14.9 Å². The van der Waals surface area contributed by atoms with Gasteiger partial charge in [-0.15, -0.1) is 10.2 Å². The van der Waals surface area contributed by atoms with Gasteiger partial charge >= 0.3 is 11.7 Å². The molecule has 0 saturated heterocycles. The van der Waals surface area contributed by atoms with Crippen LogP contribution in [0.3, 0.4) is 0 Å². The van der Waals surface area contributed by atoms with Crippen molar-refractivity contribution < 1.29 is 28.0 Å². The fourth-order valence-electron chi connectivity index (χ4n) is 1.36. The van der Waals surface area contributed by atoms with Crippen LogP contribution in [0.2, 0.25) is 0 Å².